The Morgan fingerprint density at radius 2 is 1.83 bits per heavy atom. The van der Waals surface area contributed by atoms with Gasteiger partial charge in [0, 0.05) is 18.7 Å². The van der Waals surface area contributed by atoms with Crippen LogP contribution in [0.5, 0.6) is 0 Å². The van der Waals surface area contributed by atoms with Gasteiger partial charge < -0.3 is 5.73 Å². The molecule has 0 heterocycles. The lowest BCUT2D eigenvalue weighted by molar-refractivity contribution is -0.388. The monoisotopic (exact) mass is 339 g/mol. The van der Waals surface area contributed by atoms with E-state index < -0.39 is 37.4 Å². The van der Waals surface area contributed by atoms with Gasteiger partial charge in [0.25, 0.3) is 5.69 Å². The number of nitrogens with one attached hydrogen (secondary N) is 1. The van der Waals surface area contributed by atoms with Crippen molar-refractivity contribution < 1.29 is 17.7 Å². The van der Waals surface area contributed by atoms with Crippen LogP contribution in [-0.4, -0.2) is 19.9 Å². The molecule has 2 aromatic carbocycles. The van der Waals surface area contributed by atoms with E-state index in [9.17, 15) is 22.9 Å². The van der Waals surface area contributed by atoms with Gasteiger partial charge in [-0.15, -0.1) is 0 Å². The van der Waals surface area contributed by atoms with Crippen molar-refractivity contribution in [1.82, 2.24) is 4.72 Å². The molecule has 0 bridgehead atoms. The SMILES string of the molecule is NC(CNS(=O)(=O)c1c(F)cccc1[N+](=O)[O-])c1ccccc1. The van der Waals surface area contributed by atoms with Crippen LogP contribution in [0.3, 0.4) is 0 Å². The number of nitro groups is 1. The predicted molar refractivity (Wildman–Crippen MR) is 81.6 cm³/mol. The molecule has 0 saturated carbocycles. The molecule has 2 rings (SSSR count). The third-order valence-corrected chi connectivity index (χ3v) is 4.62. The minimum absolute atomic E-state index is 0.224. The van der Waals surface area contributed by atoms with E-state index in [-0.39, 0.29) is 6.54 Å². The molecular formula is C14H14FN3O4S. The van der Waals surface area contributed by atoms with Crippen LogP contribution in [0.2, 0.25) is 0 Å². The van der Waals surface area contributed by atoms with Gasteiger partial charge in [-0.25, -0.2) is 17.5 Å². The zero-order valence-electron chi connectivity index (χ0n) is 11.8. The first-order chi connectivity index (χ1) is 10.8. The lowest BCUT2D eigenvalue weighted by Crippen LogP contribution is -2.32. The number of sulfonamides is 1. The molecule has 1 unspecified atom stereocenters. The number of benzene rings is 2. The number of nitro benzene ring substituents is 1. The number of rotatable bonds is 6. The van der Waals surface area contributed by atoms with E-state index in [1.807, 2.05) is 0 Å². The largest absolute Gasteiger partial charge is 0.323 e. The van der Waals surface area contributed by atoms with Gasteiger partial charge in [0.1, 0.15) is 5.82 Å². The van der Waals surface area contributed by atoms with Crippen molar-refractivity contribution in [2.24, 2.45) is 5.73 Å². The average Bonchev–Trinajstić information content (AvgIpc) is 2.53. The summed E-state index contributed by atoms with van der Waals surface area (Å²) in [5.41, 5.74) is 5.71. The Morgan fingerprint density at radius 3 is 2.43 bits per heavy atom. The first-order valence-corrected chi connectivity index (χ1v) is 8.04. The van der Waals surface area contributed by atoms with E-state index in [1.165, 1.54) is 0 Å². The highest BCUT2D eigenvalue weighted by molar-refractivity contribution is 7.89. The molecule has 0 saturated heterocycles. The zero-order valence-corrected chi connectivity index (χ0v) is 12.7. The summed E-state index contributed by atoms with van der Waals surface area (Å²) in [6, 6.07) is 10.9. The van der Waals surface area contributed by atoms with E-state index in [4.69, 9.17) is 5.73 Å². The summed E-state index contributed by atoms with van der Waals surface area (Å²) in [6.07, 6.45) is 0. The molecule has 0 amide bonds. The maximum atomic E-state index is 13.8. The first-order valence-electron chi connectivity index (χ1n) is 6.56. The molecule has 23 heavy (non-hydrogen) atoms. The second-order valence-electron chi connectivity index (χ2n) is 4.71. The van der Waals surface area contributed by atoms with Gasteiger partial charge in [-0.2, -0.15) is 0 Å². The molecule has 0 radical (unpaired) electrons. The van der Waals surface area contributed by atoms with E-state index in [0.29, 0.717) is 5.56 Å². The smallest absolute Gasteiger partial charge is 0.292 e. The van der Waals surface area contributed by atoms with Gasteiger partial charge in [-0.3, -0.25) is 10.1 Å². The van der Waals surface area contributed by atoms with Gasteiger partial charge >= 0.3 is 0 Å². The molecule has 0 spiro atoms. The Hall–Kier alpha value is -2.36. The lowest BCUT2D eigenvalue weighted by atomic mass is 10.1. The van der Waals surface area contributed by atoms with Crippen LogP contribution in [0.25, 0.3) is 0 Å². The van der Waals surface area contributed by atoms with Crippen LogP contribution in [-0.2, 0) is 10.0 Å². The number of hydrogen-bond donors (Lipinski definition) is 2. The predicted octanol–water partition coefficient (Wildman–Crippen LogP) is 1.71. The summed E-state index contributed by atoms with van der Waals surface area (Å²) in [4.78, 5) is 8.96. The topological polar surface area (TPSA) is 115 Å². The highest BCUT2D eigenvalue weighted by Crippen LogP contribution is 2.26. The van der Waals surface area contributed by atoms with Crippen molar-refractivity contribution >= 4 is 15.7 Å². The van der Waals surface area contributed by atoms with Crippen molar-refractivity contribution in [2.75, 3.05) is 6.54 Å². The number of nitrogens with two attached hydrogens (primary N) is 1. The van der Waals surface area contributed by atoms with Crippen LogP contribution in [0.15, 0.2) is 53.4 Å². The Balaban J connectivity index is 2.25. The molecule has 7 nitrogen and oxygen atoms in total. The minimum Gasteiger partial charge on any atom is -0.323 e. The van der Waals surface area contributed by atoms with Crippen LogP contribution in [0.1, 0.15) is 11.6 Å². The summed E-state index contributed by atoms with van der Waals surface area (Å²) in [6.45, 7) is -0.224. The first kappa shape index (κ1) is 17.0. The highest BCUT2D eigenvalue weighted by Gasteiger charge is 2.30. The third-order valence-electron chi connectivity index (χ3n) is 3.13. The average molecular weight is 339 g/mol. The van der Waals surface area contributed by atoms with Crippen molar-refractivity contribution in [3.8, 4) is 0 Å². The molecule has 3 N–H and O–H groups in total. The van der Waals surface area contributed by atoms with Crippen LogP contribution >= 0.6 is 0 Å². The molecule has 0 aliphatic rings. The molecule has 0 fully saturated rings. The van der Waals surface area contributed by atoms with Crippen molar-refractivity contribution in [3.63, 3.8) is 0 Å². The fourth-order valence-corrected chi connectivity index (χ4v) is 3.28. The molecule has 2 aromatic rings. The van der Waals surface area contributed by atoms with E-state index in [1.54, 1.807) is 30.3 Å². The summed E-state index contributed by atoms with van der Waals surface area (Å²) in [5.74, 6) is -1.19. The molecule has 9 heteroatoms. The van der Waals surface area contributed by atoms with Gasteiger partial charge in [-0.05, 0) is 11.6 Å². The normalized spacial score (nSPS) is 12.8. The zero-order chi connectivity index (χ0) is 17.0. The van der Waals surface area contributed by atoms with E-state index in [2.05, 4.69) is 4.72 Å². The Bertz CT molecular complexity index is 812. The summed E-state index contributed by atoms with van der Waals surface area (Å²) >= 11 is 0. The Morgan fingerprint density at radius 1 is 1.17 bits per heavy atom. The van der Waals surface area contributed by atoms with Gasteiger partial charge in [0.05, 0.1) is 4.92 Å². The maximum absolute atomic E-state index is 13.8. The van der Waals surface area contributed by atoms with Crippen LogP contribution in [0, 0.1) is 15.9 Å². The fraction of sp³-hybridized carbons (Fsp3) is 0.143. The highest BCUT2D eigenvalue weighted by atomic mass is 32.2. The minimum atomic E-state index is -4.42. The van der Waals surface area contributed by atoms with Crippen molar-refractivity contribution in [2.45, 2.75) is 10.9 Å². The summed E-state index contributed by atoms with van der Waals surface area (Å²) < 4.78 is 40.3. The second kappa shape index (κ2) is 6.82. The van der Waals surface area contributed by atoms with E-state index >= 15 is 0 Å². The number of nitrogens with zero attached hydrogens (tertiary/aromatic N) is 1. The molecule has 0 aliphatic heterocycles. The van der Waals surface area contributed by atoms with Gasteiger partial charge in [0.2, 0.25) is 10.0 Å². The molecular weight excluding hydrogens is 325 g/mol. The molecule has 0 aliphatic carbocycles. The standard InChI is InChI=1S/C14H14FN3O4S/c15-11-7-4-8-13(18(19)20)14(11)23(21,22)17-9-12(16)10-5-2-1-3-6-10/h1-8,12,17H,9,16H2. The van der Waals surface area contributed by atoms with Crippen molar-refractivity contribution in [1.29, 1.82) is 0 Å². The lowest BCUT2D eigenvalue weighted by Gasteiger charge is -2.13. The molecule has 1 atom stereocenters. The quantitative estimate of drug-likeness (QED) is 0.614. The van der Waals surface area contributed by atoms with Gasteiger partial charge in [0.15, 0.2) is 4.90 Å². The van der Waals surface area contributed by atoms with Crippen LogP contribution < -0.4 is 10.5 Å². The van der Waals surface area contributed by atoms with Gasteiger partial charge in [-0.1, -0.05) is 36.4 Å². The van der Waals surface area contributed by atoms with Crippen LogP contribution in [0.4, 0.5) is 10.1 Å². The number of halogens is 1. The molecule has 0 aromatic heterocycles. The van der Waals surface area contributed by atoms with E-state index in [0.717, 1.165) is 18.2 Å². The second-order valence-corrected chi connectivity index (χ2v) is 6.42. The fourth-order valence-electron chi connectivity index (χ4n) is 2.00. The molecule has 122 valence electrons. The number of hydrogen-bond acceptors (Lipinski definition) is 5. The summed E-state index contributed by atoms with van der Waals surface area (Å²) in [5, 5.41) is 10.9. The Labute approximate surface area is 132 Å². The third kappa shape index (κ3) is 3.89. The maximum Gasteiger partial charge on any atom is 0.292 e. The Kier molecular flexibility index (Phi) is 5.04. The summed E-state index contributed by atoms with van der Waals surface area (Å²) in [7, 11) is -4.42. The van der Waals surface area contributed by atoms with Crippen molar-refractivity contribution in [3.05, 3.63) is 70.0 Å².